The molecule has 0 amide bonds. The normalized spacial score (nSPS) is 13.3. The van der Waals surface area contributed by atoms with Crippen molar-refractivity contribution in [2.45, 2.75) is 0 Å². The fourth-order valence-corrected chi connectivity index (χ4v) is 2.06. The van der Waals surface area contributed by atoms with E-state index in [0.29, 0.717) is 24.6 Å². The molecular weight excluding hydrogens is 228 g/mol. The standard InChI is InChI=1S/C14H14N2O2/c15-9-1-3-11-12-4-2-10(16)8-14(12)18-6-5-17-13(11)7-9/h1-4,7-8H,5-6,15-16H2. The quantitative estimate of drug-likeness (QED) is 0.695. The summed E-state index contributed by atoms with van der Waals surface area (Å²) >= 11 is 0. The van der Waals surface area contributed by atoms with Gasteiger partial charge in [0.05, 0.1) is 0 Å². The zero-order valence-corrected chi connectivity index (χ0v) is 9.85. The van der Waals surface area contributed by atoms with E-state index >= 15 is 0 Å². The summed E-state index contributed by atoms with van der Waals surface area (Å²) in [5.74, 6) is 1.56. The minimum absolute atomic E-state index is 0.491. The average Bonchev–Trinajstić information content (AvgIpc) is 2.33. The zero-order valence-electron chi connectivity index (χ0n) is 9.85. The van der Waals surface area contributed by atoms with Crippen LogP contribution in [0.2, 0.25) is 0 Å². The number of rotatable bonds is 0. The van der Waals surface area contributed by atoms with Gasteiger partial charge in [-0.3, -0.25) is 0 Å². The Bertz CT molecular complexity index is 543. The molecule has 3 rings (SSSR count). The molecule has 4 N–H and O–H groups in total. The summed E-state index contributed by atoms with van der Waals surface area (Å²) in [6, 6.07) is 11.2. The van der Waals surface area contributed by atoms with Gasteiger partial charge < -0.3 is 20.9 Å². The van der Waals surface area contributed by atoms with Crippen LogP contribution < -0.4 is 20.9 Å². The van der Waals surface area contributed by atoms with Crippen LogP contribution in [0.15, 0.2) is 36.4 Å². The van der Waals surface area contributed by atoms with Crippen molar-refractivity contribution >= 4 is 11.4 Å². The Morgan fingerprint density at radius 1 is 0.722 bits per heavy atom. The molecule has 4 heteroatoms. The molecule has 1 aliphatic rings. The van der Waals surface area contributed by atoms with Crippen LogP contribution in [0, 0.1) is 0 Å². The van der Waals surface area contributed by atoms with Gasteiger partial charge in [0, 0.05) is 34.6 Å². The smallest absolute Gasteiger partial charge is 0.129 e. The summed E-state index contributed by atoms with van der Waals surface area (Å²) in [7, 11) is 0. The number of benzene rings is 2. The predicted molar refractivity (Wildman–Crippen MR) is 71.7 cm³/mol. The minimum atomic E-state index is 0.491. The van der Waals surface area contributed by atoms with Gasteiger partial charge in [-0.05, 0) is 24.3 Å². The SMILES string of the molecule is Nc1ccc2c(c1)OCCOc1cc(N)ccc1-2. The Morgan fingerprint density at radius 2 is 1.17 bits per heavy atom. The highest BCUT2D eigenvalue weighted by molar-refractivity contribution is 5.79. The summed E-state index contributed by atoms with van der Waals surface area (Å²) in [5, 5.41) is 0. The highest BCUT2D eigenvalue weighted by Gasteiger charge is 2.15. The maximum Gasteiger partial charge on any atom is 0.129 e. The summed E-state index contributed by atoms with van der Waals surface area (Å²) in [4.78, 5) is 0. The van der Waals surface area contributed by atoms with Gasteiger partial charge in [0.2, 0.25) is 0 Å². The molecule has 2 aromatic carbocycles. The Balaban J connectivity index is 2.22. The van der Waals surface area contributed by atoms with Crippen LogP contribution in [-0.2, 0) is 0 Å². The third kappa shape index (κ3) is 1.82. The van der Waals surface area contributed by atoms with E-state index in [1.807, 2.05) is 36.4 Å². The van der Waals surface area contributed by atoms with Gasteiger partial charge in [0.1, 0.15) is 24.7 Å². The third-order valence-electron chi connectivity index (χ3n) is 2.90. The molecule has 1 aliphatic heterocycles. The lowest BCUT2D eigenvalue weighted by atomic mass is 10.0. The molecule has 0 aliphatic carbocycles. The van der Waals surface area contributed by atoms with Gasteiger partial charge in [0.25, 0.3) is 0 Å². The van der Waals surface area contributed by atoms with Crippen molar-refractivity contribution in [2.75, 3.05) is 24.7 Å². The molecular formula is C14H14N2O2. The van der Waals surface area contributed by atoms with Gasteiger partial charge in [-0.1, -0.05) is 0 Å². The molecule has 1 heterocycles. The van der Waals surface area contributed by atoms with E-state index in [2.05, 4.69) is 0 Å². The second-order valence-corrected chi connectivity index (χ2v) is 4.21. The Hall–Kier alpha value is -2.36. The molecule has 0 unspecified atom stereocenters. The topological polar surface area (TPSA) is 70.5 Å². The van der Waals surface area contributed by atoms with Crippen molar-refractivity contribution in [2.24, 2.45) is 0 Å². The summed E-state index contributed by atoms with van der Waals surface area (Å²) in [5.41, 5.74) is 14.9. The fraction of sp³-hybridized carbons (Fsp3) is 0.143. The van der Waals surface area contributed by atoms with Gasteiger partial charge in [0.15, 0.2) is 0 Å². The first-order valence-corrected chi connectivity index (χ1v) is 5.79. The largest absolute Gasteiger partial charge is 0.489 e. The number of fused-ring (bicyclic) bond motifs is 3. The van der Waals surface area contributed by atoms with E-state index in [9.17, 15) is 0 Å². The molecule has 0 fully saturated rings. The van der Waals surface area contributed by atoms with Crippen LogP contribution in [0.5, 0.6) is 11.5 Å². The van der Waals surface area contributed by atoms with E-state index in [0.717, 1.165) is 22.6 Å². The van der Waals surface area contributed by atoms with Crippen molar-refractivity contribution in [1.29, 1.82) is 0 Å². The lowest BCUT2D eigenvalue weighted by Gasteiger charge is -2.19. The van der Waals surface area contributed by atoms with E-state index < -0.39 is 0 Å². The molecule has 0 saturated heterocycles. The van der Waals surface area contributed by atoms with Crippen molar-refractivity contribution in [3.05, 3.63) is 36.4 Å². The van der Waals surface area contributed by atoms with Crippen LogP contribution in [-0.4, -0.2) is 13.2 Å². The van der Waals surface area contributed by atoms with E-state index in [4.69, 9.17) is 20.9 Å². The molecule has 0 radical (unpaired) electrons. The molecule has 0 spiro atoms. The Kier molecular flexibility index (Phi) is 2.48. The number of hydrogen-bond donors (Lipinski definition) is 2. The summed E-state index contributed by atoms with van der Waals surface area (Å²) < 4.78 is 11.3. The number of nitrogens with two attached hydrogens (primary N) is 2. The maximum absolute atomic E-state index is 5.78. The monoisotopic (exact) mass is 242 g/mol. The Morgan fingerprint density at radius 3 is 1.61 bits per heavy atom. The average molecular weight is 242 g/mol. The summed E-state index contributed by atoms with van der Waals surface area (Å²) in [6.07, 6.45) is 0. The maximum atomic E-state index is 5.78. The molecule has 0 saturated carbocycles. The third-order valence-corrected chi connectivity index (χ3v) is 2.90. The molecule has 92 valence electrons. The van der Waals surface area contributed by atoms with Gasteiger partial charge in [-0.25, -0.2) is 0 Å². The first-order chi connectivity index (χ1) is 8.74. The van der Waals surface area contributed by atoms with Crippen LogP contribution >= 0.6 is 0 Å². The van der Waals surface area contributed by atoms with Crippen molar-refractivity contribution in [1.82, 2.24) is 0 Å². The molecule has 0 atom stereocenters. The van der Waals surface area contributed by atoms with Crippen molar-refractivity contribution in [3.8, 4) is 22.6 Å². The van der Waals surface area contributed by atoms with Gasteiger partial charge in [-0.2, -0.15) is 0 Å². The molecule has 0 bridgehead atoms. The Labute approximate surface area is 105 Å². The molecule has 2 aromatic rings. The highest BCUT2D eigenvalue weighted by atomic mass is 16.5. The van der Waals surface area contributed by atoms with Crippen molar-refractivity contribution < 1.29 is 9.47 Å². The van der Waals surface area contributed by atoms with Gasteiger partial charge >= 0.3 is 0 Å². The van der Waals surface area contributed by atoms with E-state index in [-0.39, 0.29) is 0 Å². The molecule has 4 nitrogen and oxygen atoms in total. The number of anilines is 2. The number of ether oxygens (including phenoxy) is 2. The minimum Gasteiger partial charge on any atom is -0.489 e. The van der Waals surface area contributed by atoms with Crippen LogP contribution in [0.4, 0.5) is 11.4 Å². The zero-order chi connectivity index (χ0) is 12.5. The fourth-order valence-electron chi connectivity index (χ4n) is 2.06. The first kappa shape index (κ1) is 10.8. The lowest BCUT2D eigenvalue weighted by molar-refractivity contribution is 0.214. The number of nitrogen functional groups attached to an aromatic ring is 2. The van der Waals surface area contributed by atoms with Crippen LogP contribution in [0.25, 0.3) is 11.1 Å². The highest BCUT2D eigenvalue weighted by Crippen LogP contribution is 2.39. The number of hydrogen-bond acceptors (Lipinski definition) is 4. The van der Waals surface area contributed by atoms with E-state index in [1.54, 1.807) is 0 Å². The van der Waals surface area contributed by atoms with Crippen LogP contribution in [0.1, 0.15) is 0 Å². The molecule has 18 heavy (non-hydrogen) atoms. The molecule has 0 aromatic heterocycles. The van der Waals surface area contributed by atoms with Gasteiger partial charge in [-0.15, -0.1) is 0 Å². The lowest BCUT2D eigenvalue weighted by Crippen LogP contribution is -2.12. The predicted octanol–water partition coefficient (Wildman–Crippen LogP) is 2.29. The first-order valence-electron chi connectivity index (χ1n) is 5.79. The van der Waals surface area contributed by atoms with E-state index in [1.165, 1.54) is 0 Å². The van der Waals surface area contributed by atoms with Crippen LogP contribution in [0.3, 0.4) is 0 Å². The van der Waals surface area contributed by atoms with Crippen molar-refractivity contribution in [3.63, 3.8) is 0 Å². The second kappa shape index (κ2) is 4.14. The second-order valence-electron chi connectivity index (χ2n) is 4.21. The summed E-state index contributed by atoms with van der Waals surface area (Å²) in [6.45, 7) is 0.982.